The first kappa shape index (κ1) is 58.7. The zero-order chi connectivity index (χ0) is 51.9. The van der Waals surface area contributed by atoms with Gasteiger partial charge in [0.05, 0.1) is 36.8 Å². The van der Waals surface area contributed by atoms with Gasteiger partial charge in [-0.1, -0.05) is 97.4 Å². The van der Waals surface area contributed by atoms with E-state index in [1.165, 1.54) is 0 Å². The SMILES string of the molecule is CC[C@H](C)[C@@H]([C@@H](CC(=O)N1CCC[C@H]1[C@H](OC)[C@@H](C)C(=O)CC(Cc1ccccc1)C(=O)N(C)Cc1ccc(NC(=O)OC(C)(C)C)cc1)OC)N(C)C(=O)[C@@H](CC(=O)[C@H](C(C)C)N(C)C)C(C)C. The molecular weight excluding hydrogens is 875 g/mol. The zero-order valence-electron chi connectivity index (χ0n) is 44.9. The molecule has 1 aliphatic rings. The number of Topliss-reactive ketones (excluding diaryl/α,β-unsaturated/α-hetero) is 2. The molecule has 14 nitrogen and oxygen atoms in total. The molecule has 2 aromatic carbocycles. The molecule has 1 fully saturated rings. The van der Waals surface area contributed by atoms with Crippen LogP contribution in [0.4, 0.5) is 10.5 Å². The summed E-state index contributed by atoms with van der Waals surface area (Å²) in [6, 6.07) is 15.7. The smallest absolute Gasteiger partial charge is 0.412 e. The highest BCUT2D eigenvalue weighted by molar-refractivity contribution is 5.91. The molecule has 1 aliphatic heterocycles. The van der Waals surface area contributed by atoms with E-state index in [2.05, 4.69) is 19.2 Å². The van der Waals surface area contributed by atoms with Gasteiger partial charge in [-0.3, -0.25) is 34.2 Å². The van der Waals surface area contributed by atoms with Crippen molar-refractivity contribution in [2.45, 2.75) is 157 Å². The molecule has 1 heterocycles. The Hall–Kier alpha value is -4.66. The van der Waals surface area contributed by atoms with Crippen molar-refractivity contribution in [2.24, 2.45) is 35.5 Å². The van der Waals surface area contributed by atoms with Crippen molar-refractivity contribution >= 4 is 41.1 Å². The second-order valence-electron chi connectivity index (χ2n) is 21.3. The lowest BCUT2D eigenvalue weighted by Crippen LogP contribution is -2.54. The maximum Gasteiger partial charge on any atom is 0.412 e. The summed E-state index contributed by atoms with van der Waals surface area (Å²) in [4.78, 5) is 90.8. The highest BCUT2D eigenvalue weighted by Gasteiger charge is 2.43. The normalized spacial score (nSPS) is 17.7. The van der Waals surface area contributed by atoms with Gasteiger partial charge >= 0.3 is 6.09 Å². The van der Waals surface area contributed by atoms with Crippen LogP contribution in [0.1, 0.15) is 119 Å². The van der Waals surface area contributed by atoms with Crippen molar-refractivity contribution in [3.63, 3.8) is 0 Å². The van der Waals surface area contributed by atoms with Gasteiger partial charge in [-0.2, -0.15) is 0 Å². The fourth-order valence-corrected chi connectivity index (χ4v) is 10.2. The number of benzene rings is 2. The minimum absolute atomic E-state index is 0.0164. The summed E-state index contributed by atoms with van der Waals surface area (Å²) in [5, 5.41) is 2.73. The van der Waals surface area contributed by atoms with E-state index in [0.29, 0.717) is 25.1 Å². The monoisotopic (exact) mass is 962 g/mol. The van der Waals surface area contributed by atoms with Crippen molar-refractivity contribution in [1.29, 1.82) is 0 Å². The van der Waals surface area contributed by atoms with Crippen LogP contribution < -0.4 is 5.32 Å². The van der Waals surface area contributed by atoms with Crippen LogP contribution in [0, 0.1) is 35.5 Å². The minimum Gasteiger partial charge on any atom is -0.444 e. The van der Waals surface area contributed by atoms with Crippen LogP contribution in [0.15, 0.2) is 54.6 Å². The van der Waals surface area contributed by atoms with Gasteiger partial charge in [0.15, 0.2) is 5.78 Å². The summed E-state index contributed by atoms with van der Waals surface area (Å²) in [5.41, 5.74) is 1.71. The van der Waals surface area contributed by atoms with Gasteiger partial charge in [0.1, 0.15) is 11.4 Å². The number of ether oxygens (including phenoxy) is 3. The average molecular weight is 962 g/mol. The average Bonchev–Trinajstić information content (AvgIpc) is 3.77. The Kier molecular flexibility index (Phi) is 23.0. The molecule has 0 saturated carbocycles. The van der Waals surface area contributed by atoms with Gasteiger partial charge in [-0.15, -0.1) is 0 Å². The Morgan fingerprint density at radius 3 is 1.91 bits per heavy atom. The van der Waals surface area contributed by atoms with Crippen LogP contribution in [0.2, 0.25) is 0 Å². The van der Waals surface area contributed by atoms with Crippen LogP contribution in [-0.2, 0) is 51.1 Å². The van der Waals surface area contributed by atoms with Crippen molar-refractivity contribution in [2.75, 3.05) is 54.3 Å². The fourth-order valence-electron chi connectivity index (χ4n) is 10.2. The molecule has 1 saturated heterocycles. The summed E-state index contributed by atoms with van der Waals surface area (Å²) < 4.78 is 17.6. The Labute approximate surface area is 414 Å². The third-order valence-corrected chi connectivity index (χ3v) is 13.9. The number of methoxy groups -OCH3 is 2. The Balaban J connectivity index is 1.80. The molecule has 0 spiro atoms. The highest BCUT2D eigenvalue weighted by Crippen LogP contribution is 2.32. The minimum atomic E-state index is -0.656. The molecule has 1 N–H and O–H groups in total. The maximum absolute atomic E-state index is 14.5. The quantitative estimate of drug-likeness (QED) is 0.0970. The lowest BCUT2D eigenvalue weighted by atomic mass is 9.83. The number of carbonyl (C=O) groups excluding carboxylic acids is 6. The van der Waals surface area contributed by atoms with Gasteiger partial charge in [0.2, 0.25) is 17.7 Å². The Morgan fingerprint density at radius 1 is 0.768 bits per heavy atom. The number of hydrogen-bond donors (Lipinski definition) is 1. The van der Waals surface area contributed by atoms with Crippen LogP contribution in [-0.4, -0.2) is 140 Å². The molecule has 0 bridgehead atoms. The van der Waals surface area contributed by atoms with Crippen molar-refractivity contribution in [3.05, 3.63) is 65.7 Å². The third kappa shape index (κ3) is 17.0. The molecule has 1 unspecified atom stereocenters. The first-order valence-corrected chi connectivity index (χ1v) is 25.1. The van der Waals surface area contributed by atoms with E-state index >= 15 is 0 Å². The van der Waals surface area contributed by atoms with Gasteiger partial charge in [-0.05, 0) is 95.1 Å². The number of amides is 4. The summed E-state index contributed by atoms with van der Waals surface area (Å²) in [6.45, 7) is 20.1. The van der Waals surface area contributed by atoms with E-state index in [0.717, 1.165) is 24.0 Å². The van der Waals surface area contributed by atoms with Gasteiger partial charge < -0.3 is 28.9 Å². The van der Waals surface area contributed by atoms with Gasteiger partial charge in [-0.25, -0.2) is 4.79 Å². The number of nitrogens with zero attached hydrogens (tertiary/aromatic N) is 4. The van der Waals surface area contributed by atoms with Gasteiger partial charge in [0, 0.05) is 77.7 Å². The van der Waals surface area contributed by atoms with Crippen molar-refractivity contribution < 1.29 is 43.0 Å². The van der Waals surface area contributed by atoms with Gasteiger partial charge in [0.25, 0.3) is 0 Å². The number of carbonyl (C=O) groups is 6. The predicted molar refractivity (Wildman–Crippen MR) is 272 cm³/mol. The first-order chi connectivity index (χ1) is 32.3. The van der Waals surface area contributed by atoms with Crippen LogP contribution in [0.3, 0.4) is 0 Å². The second-order valence-corrected chi connectivity index (χ2v) is 21.3. The van der Waals surface area contributed by atoms with Crippen molar-refractivity contribution in [1.82, 2.24) is 19.6 Å². The van der Waals surface area contributed by atoms with E-state index in [9.17, 15) is 28.8 Å². The zero-order valence-corrected chi connectivity index (χ0v) is 44.9. The summed E-state index contributed by atoms with van der Waals surface area (Å²) in [7, 11) is 10.4. The molecule has 9 atom stereocenters. The second kappa shape index (κ2) is 27.1. The molecule has 2 aromatic rings. The highest BCUT2D eigenvalue weighted by atomic mass is 16.6. The fraction of sp³-hybridized carbons (Fsp3) is 0.673. The Bertz CT molecular complexity index is 1960. The lowest BCUT2D eigenvalue weighted by molar-refractivity contribution is -0.149. The lowest BCUT2D eigenvalue weighted by Gasteiger charge is -2.41. The van der Waals surface area contributed by atoms with E-state index in [-0.39, 0.29) is 84.9 Å². The topological polar surface area (TPSA) is 155 Å². The molecule has 69 heavy (non-hydrogen) atoms. The number of likely N-dealkylation sites (tertiary alicyclic amines) is 1. The van der Waals surface area contributed by atoms with Crippen LogP contribution >= 0.6 is 0 Å². The number of hydrogen-bond acceptors (Lipinski definition) is 10. The molecule has 0 aliphatic carbocycles. The number of anilines is 1. The number of ketones is 2. The summed E-state index contributed by atoms with van der Waals surface area (Å²) in [6.07, 6.45) is 0.781. The molecule has 386 valence electrons. The number of nitrogens with one attached hydrogen (secondary N) is 1. The molecule has 0 aromatic heterocycles. The largest absolute Gasteiger partial charge is 0.444 e. The molecule has 0 radical (unpaired) electrons. The van der Waals surface area contributed by atoms with E-state index in [1.807, 2.05) is 101 Å². The molecular formula is C55H87N5O9. The molecule has 3 rings (SSSR count). The summed E-state index contributed by atoms with van der Waals surface area (Å²) >= 11 is 0. The molecule has 14 heteroatoms. The third-order valence-electron chi connectivity index (χ3n) is 13.9. The Morgan fingerprint density at radius 2 is 1.39 bits per heavy atom. The first-order valence-electron chi connectivity index (χ1n) is 25.1. The standard InChI is InChI=1S/C55H87N5O9/c1-17-37(6)50(59(14)53(65)43(35(2)3)32-46(62)49(36(4)5)57(11)12)47(67-15)33-48(63)60-29-21-24-44(60)51(68-16)38(7)45(61)31-41(30-39-22-19-18-20-23-39)52(64)58(13)34-40-25-27-42(28-26-40)56-54(66)69-55(8,9)10/h18-20,22-23,25-28,35-38,41,43-44,47,49-51H,17,21,24,29-34H2,1-16H3,(H,56,66)/t37-,38-,41?,43-,44-,47+,49-,50-,51+/m0/s1. The predicted octanol–water partition coefficient (Wildman–Crippen LogP) is 8.55. The van der Waals surface area contributed by atoms with E-state index in [4.69, 9.17) is 14.2 Å². The maximum atomic E-state index is 14.5. The van der Waals surface area contributed by atoms with Crippen LogP contribution in [0.5, 0.6) is 0 Å². The molecule has 4 amide bonds. The van der Waals surface area contributed by atoms with Crippen molar-refractivity contribution in [3.8, 4) is 0 Å². The summed E-state index contributed by atoms with van der Waals surface area (Å²) in [5.74, 6) is -2.40. The number of likely N-dealkylation sites (N-methyl/N-ethyl adjacent to an activating group) is 2. The van der Waals surface area contributed by atoms with E-state index < -0.39 is 47.7 Å². The van der Waals surface area contributed by atoms with E-state index in [1.54, 1.807) is 71.0 Å². The number of rotatable bonds is 26. The van der Waals surface area contributed by atoms with Crippen LogP contribution in [0.25, 0.3) is 0 Å².